The van der Waals surface area contributed by atoms with Gasteiger partial charge in [0.2, 0.25) is 0 Å². The highest BCUT2D eigenvalue weighted by atomic mass is 19.1. The Balaban J connectivity index is 2.47. The highest BCUT2D eigenvalue weighted by Crippen LogP contribution is 2.14. The predicted octanol–water partition coefficient (Wildman–Crippen LogP) is 1.21. The molecule has 6 nitrogen and oxygen atoms in total. The van der Waals surface area contributed by atoms with Gasteiger partial charge in [-0.25, -0.2) is 14.0 Å². The number of carbonyl (C=O) groups is 2. The van der Waals surface area contributed by atoms with Crippen LogP contribution in [0.15, 0.2) is 0 Å². The third kappa shape index (κ3) is 4.08. The Hall–Kier alpha value is -1.53. The molecule has 0 aromatic heterocycles. The summed E-state index contributed by atoms with van der Waals surface area (Å²) >= 11 is 0. The monoisotopic (exact) mass is 248 g/mol. The number of carbonyl (C=O) groups excluding carboxylic acids is 1. The van der Waals surface area contributed by atoms with Crippen molar-refractivity contribution in [2.75, 3.05) is 13.1 Å². The van der Waals surface area contributed by atoms with Crippen LogP contribution in [0.3, 0.4) is 0 Å². The normalized spacial score (nSPS) is 24.6. The molecule has 0 radical (unpaired) electrons. The van der Waals surface area contributed by atoms with Gasteiger partial charge >= 0.3 is 12.2 Å². The molecule has 1 heterocycles. The number of halogens is 1. The minimum absolute atomic E-state index is 0.0598. The van der Waals surface area contributed by atoms with Gasteiger partial charge < -0.3 is 20.1 Å². The number of alkyl carbamates (subject to hydrolysis) is 1. The molecule has 2 N–H and O–H groups in total. The van der Waals surface area contributed by atoms with Crippen molar-refractivity contribution in [3.05, 3.63) is 0 Å². The molecule has 17 heavy (non-hydrogen) atoms. The molecule has 0 bridgehead atoms. The summed E-state index contributed by atoms with van der Waals surface area (Å²) in [6, 6.07) is -0.846. The summed E-state index contributed by atoms with van der Waals surface area (Å²) in [5, 5.41) is 11.0. The van der Waals surface area contributed by atoms with Gasteiger partial charge in [0.05, 0.1) is 12.6 Å². The Bertz CT molecular complexity index is 316. The number of carboxylic acid groups (broad SMARTS) is 1. The number of amides is 2. The summed E-state index contributed by atoms with van der Waals surface area (Å²) in [6.07, 6.45) is -3.34. The molecular formula is C10H17FN2O4. The lowest BCUT2D eigenvalue weighted by Crippen LogP contribution is -2.44. The van der Waals surface area contributed by atoms with E-state index in [0.29, 0.717) is 0 Å². The Morgan fingerprint density at radius 2 is 2.00 bits per heavy atom. The largest absolute Gasteiger partial charge is 0.465 e. The first-order valence-corrected chi connectivity index (χ1v) is 5.30. The van der Waals surface area contributed by atoms with Crippen molar-refractivity contribution in [2.24, 2.45) is 0 Å². The molecule has 0 spiro atoms. The number of nitrogens with zero attached hydrogens (tertiary/aromatic N) is 1. The molecule has 0 unspecified atom stereocenters. The summed E-state index contributed by atoms with van der Waals surface area (Å²) in [7, 11) is 0. The molecule has 98 valence electrons. The van der Waals surface area contributed by atoms with Gasteiger partial charge in [-0.2, -0.15) is 0 Å². The van der Waals surface area contributed by atoms with Crippen LogP contribution in [0, 0.1) is 0 Å². The number of rotatable bonds is 1. The molecule has 2 atom stereocenters. The van der Waals surface area contributed by atoms with Crippen molar-refractivity contribution >= 4 is 12.2 Å². The lowest BCUT2D eigenvalue weighted by molar-refractivity contribution is 0.0488. The van der Waals surface area contributed by atoms with Gasteiger partial charge in [-0.15, -0.1) is 0 Å². The summed E-state index contributed by atoms with van der Waals surface area (Å²) in [4.78, 5) is 22.9. The van der Waals surface area contributed by atoms with Crippen molar-refractivity contribution in [1.29, 1.82) is 0 Å². The molecule has 2 amide bonds. The molecular weight excluding hydrogens is 231 g/mol. The van der Waals surface area contributed by atoms with E-state index < -0.39 is 30.0 Å². The fourth-order valence-electron chi connectivity index (χ4n) is 1.52. The van der Waals surface area contributed by atoms with Crippen LogP contribution in [0.1, 0.15) is 20.8 Å². The first kappa shape index (κ1) is 13.5. The maximum absolute atomic E-state index is 13.4. The molecule has 0 saturated carbocycles. The highest BCUT2D eigenvalue weighted by Gasteiger charge is 2.37. The maximum Gasteiger partial charge on any atom is 0.408 e. The number of nitrogens with one attached hydrogen (secondary N) is 1. The molecule has 0 aromatic carbocycles. The standard InChI is InChI=1S/C10H17FN2O4/c1-10(2,3)17-8(14)12-7-5-13(9(15)16)4-6(7)11/h6-7H,4-5H2,1-3H3,(H,12,14)(H,15,16)/t6-,7+/m1/s1. The van der Waals surface area contributed by atoms with Gasteiger partial charge in [-0.3, -0.25) is 0 Å². The SMILES string of the molecule is CC(C)(C)OC(=O)N[C@H]1CN(C(=O)O)C[C@H]1F. The van der Waals surface area contributed by atoms with Gasteiger partial charge in [0.25, 0.3) is 0 Å². The molecule has 1 aliphatic rings. The minimum Gasteiger partial charge on any atom is -0.465 e. The Labute approximate surface area is 98.7 Å². The molecule has 0 aromatic rings. The van der Waals surface area contributed by atoms with E-state index in [2.05, 4.69) is 5.32 Å². The zero-order valence-corrected chi connectivity index (χ0v) is 10.1. The van der Waals surface area contributed by atoms with E-state index in [1.165, 1.54) is 0 Å². The second-order valence-electron chi connectivity index (χ2n) is 4.96. The lowest BCUT2D eigenvalue weighted by Gasteiger charge is -2.22. The highest BCUT2D eigenvalue weighted by molar-refractivity contribution is 5.69. The lowest BCUT2D eigenvalue weighted by atomic mass is 10.2. The van der Waals surface area contributed by atoms with Gasteiger partial charge in [-0.1, -0.05) is 0 Å². The van der Waals surface area contributed by atoms with Gasteiger partial charge in [-0.05, 0) is 20.8 Å². The molecule has 1 aliphatic heterocycles. The molecule has 1 saturated heterocycles. The average molecular weight is 248 g/mol. The summed E-state index contributed by atoms with van der Waals surface area (Å²) in [6.45, 7) is 4.79. The van der Waals surface area contributed by atoms with Crippen LogP contribution in [-0.4, -0.2) is 53.1 Å². The second-order valence-corrected chi connectivity index (χ2v) is 4.96. The van der Waals surface area contributed by atoms with Crippen LogP contribution in [0.5, 0.6) is 0 Å². The molecule has 1 rings (SSSR count). The number of alkyl halides is 1. The Morgan fingerprint density at radius 3 is 2.41 bits per heavy atom. The third-order valence-electron chi connectivity index (χ3n) is 2.22. The molecule has 0 aliphatic carbocycles. The van der Waals surface area contributed by atoms with Crippen molar-refractivity contribution in [1.82, 2.24) is 10.2 Å². The van der Waals surface area contributed by atoms with E-state index >= 15 is 0 Å². The van der Waals surface area contributed by atoms with Crippen molar-refractivity contribution < 1.29 is 23.8 Å². The van der Waals surface area contributed by atoms with Crippen LogP contribution in [0.4, 0.5) is 14.0 Å². The van der Waals surface area contributed by atoms with E-state index in [-0.39, 0.29) is 13.1 Å². The smallest absolute Gasteiger partial charge is 0.408 e. The Morgan fingerprint density at radius 1 is 1.41 bits per heavy atom. The second kappa shape index (κ2) is 4.77. The fourth-order valence-corrected chi connectivity index (χ4v) is 1.52. The minimum atomic E-state index is -1.40. The van der Waals surface area contributed by atoms with Crippen LogP contribution in [0.2, 0.25) is 0 Å². The fraction of sp³-hybridized carbons (Fsp3) is 0.800. The van der Waals surface area contributed by atoms with Gasteiger partial charge in [0.15, 0.2) is 0 Å². The summed E-state index contributed by atoms with van der Waals surface area (Å²) < 4.78 is 18.4. The van der Waals surface area contributed by atoms with Crippen LogP contribution >= 0.6 is 0 Å². The first-order chi connectivity index (χ1) is 7.69. The first-order valence-electron chi connectivity index (χ1n) is 5.30. The van der Waals surface area contributed by atoms with Crippen molar-refractivity contribution in [2.45, 2.75) is 38.6 Å². The Kier molecular flexibility index (Phi) is 3.79. The quantitative estimate of drug-likeness (QED) is 0.731. The van der Waals surface area contributed by atoms with E-state index in [1.54, 1.807) is 20.8 Å². The van der Waals surface area contributed by atoms with E-state index in [1.807, 2.05) is 0 Å². The molecule has 7 heteroatoms. The number of ether oxygens (including phenoxy) is 1. The number of hydrogen-bond acceptors (Lipinski definition) is 3. The predicted molar refractivity (Wildman–Crippen MR) is 57.7 cm³/mol. The van der Waals surface area contributed by atoms with E-state index in [9.17, 15) is 14.0 Å². The molecule has 1 fully saturated rings. The number of likely N-dealkylation sites (tertiary alicyclic amines) is 1. The zero-order valence-electron chi connectivity index (χ0n) is 10.1. The summed E-state index contributed by atoms with van der Waals surface area (Å²) in [5.74, 6) is 0. The van der Waals surface area contributed by atoms with E-state index in [0.717, 1.165) is 4.90 Å². The average Bonchev–Trinajstić information content (AvgIpc) is 2.44. The van der Waals surface area contributed by atoms with Crippen molar-refractivity contribution in [3.63, 3.8) is 0 Å². The van der Waals surface area contributed by atoms with Crippen molar-refractivity contribution in [3.8, 4) is 0 Å². The number of hydrogen-bond donors (Lipinski definition) is 2. The third-order valence-corrected chi connectivity index (χ3v) is 2.22. The zero-order chi connectivity index (χ0) is 13.2. The van der Waals surface area contributed by atoms with Crippen LogP contribution in [0.25, 0.3) is 0 Å². The maximum atomic E-state index is 13.4. The van der Waals surface area contributed by atoms with Crippen LogP contribution in [-0.2, 0) is 4.74 Å². The van der Waals surface area contributed by atoms with Gasteiger partial charge in [0.1, 0.15) is 11.8 Å². The van der Waals surface area contributed by atoms with E-state index in [4.69, 9.17) is 9.84 Å². The van der Waals surface area contributed by atoms with Gasteiger partial charge in [0, 0.05) is 6.54 Å². The van der Waals surface area contributed by atoms with Crippen LogP contribution < -0.4 is 5.32 Å². The topological polar surface area (TPSA) is 78.9 Å². The summed E-state index contributed by atoms with van der Waals surface area (Å²) in [5.41, 5.74) is -0.666.